The van der Waals surface area contributed by atoms with E-state index in [9.17, 15) is 9.59 Å². The van der Waals surface area contributed by atoms with Gasteiger partial charge < -0.3 is 10.2 Å². The van der Waals surface area contributed by atoms with Gasteiger partial charge in [0.25, 0.3) is 0 Å². The maximum absolute atomic E-state index is 11.9. The first-order valence-corrected chi connectivity index (χ1v) is 6.59. The summed E-state index contributed by atoms with van der Waals surface area (Å²) in [5.41, 5.74) is 0. The second kappa shape index (κ2) is 6.03. The highest BCUT2D eigenvalue weighted by molar-refractivity contribution is 5.83. The lowest BCUT2D eigenvalue weighted by molar-refractivity contribution is -0.129. The highest BCUT2D eigenvalue weighted by Gasteiger charge is 2.32. The van der Waals surface area contributed by atoms with Crippen LogP contribution < -0.4 is 5.32 Å². The summed E-state index contributed by atoms with van der Waals surface area (Å²) >= 11 is 0. The third kappa shape index (κ3) is 3.45. The SMILES string of the molecule is CCC(CC)C(=O)NC1CC(=O)N(C(C)C)C1. The van der Waals surface area contributed by atoms with E-state index in [2.05, 4.69) is 5.32 Å². The number of amides is 2. The predicted molar refractivity (Wildman–Crippen MR) is 67.5 cm³/mol. The van der Waals surface area contributed by atoms with Crippen LogP contribution in [0, 0.1) is 5.92 Å². The Morgan fingerprint density at radius 3 is 2.41 bits per heavy atom. The lowest BCUT2D eigenvalue weighted by atomic mass is 10.0. The van der Waals surface area contributed by atoms with Crippen molar-refractivity contribution in [1.29, 1.82) is 0 Å². The maximum Gasteiger partial charge on any atom is 0.225 e. The van der Waals surface area contributed by atoms with Crippen LogP contribution in [0.5, 0.6) is 0 Å². The number of nitrogens with one attached hydrogen (secondary N) is 1. The van der Waals surface area contributed by atoms with Gasteiger partial charge in [0.2, 0.25) is 11.8 Å². The zero-order valence-corrected chi connectivity index (χ0v) is 11.3. The molecule has 1 aliphatic rings. The van der Waals surface area contributed by atoms with Crippen LogP contribution >= 0.6 is 0 Å². The van der Waals surface area contributed by atoms with Gasteiger partial charge in [0.1, 0.15) is 0 Å². The van der Waals surface area contributed by atoms with Crippen LogP contribution in [0.3, 0.4) is 0 Å². The van der Waals surface area contributed by atoms with Gasteiger partial charge in [-0.3, -0.25) is 9.59 Å². The minimum absolute atomic E-state index is 0.00185. The molecule has 17 heavy (non-hydrogen) atoms. The molecule has 4 heteroatoms. The summed E-state index contributed by atoms with van der Waals surface area (Å²) in [4.78, 5) is 25.4. The van der Waals surface area contributed by atoms with Gasteiger partial charge in [-0.25, -0.2) is 0 Å². The summed E-state index contributed by atoms with van der Waals surface area (Å²) in [6.07, 6.45) is 2.16. The minimum Gasteiger partial charge on any atom is -0.351 e. The molecule has 1 fully saturated rings. The van der Waals surface area contributed by atoms with Crippen LogP contribution in [0.15, 0.2) is 0 Å². The summed E-state index contributed by atoms with van der Waals surface area (Å²) in [7, 11) is 0. The van der Waals surface area contributed by atoms with Crippen molar-refractivity contribution in [3.63, 3.8) is 0 Å². The Kier molecular flexibility index (Phi) is 4.97. The van der Waals surface area contributed by atoms with Crippen LogP contribution in [0.25, 0.3) is 0 Å². The molecule has 1 aliphatic heterocycles. The van der Waals surface area contributed by atoms with Crippen molar-refractivity contribution in [2.24, 2.45) is 5.92 Å². The molecule has 0 aromatic rings. The lowest BCUT2D eigenvalue weighted by Gasteiger charge is -2.22. The standard InChI is InChI=1S/C13H24N2O2/c1-5-10(6-2)13(17)14-11-7-12(16)15(8-11)9(3)4/h9-11H,5-8H2,1-4H3,(H,14,17). The first-order chi connectivity index (χ1) is 7.99. The van der Waals surface area contributed by atoms with Crippen LogP contribution in [-0.4, -0.2) is 35.3 Å². The Labute approximate surface area is 104 Å². The molecule has 0 aromatic carbocycles. The van der Waals surface area contributed by atoms with Crippen molar-refractivity contribution in [2.75, 3.05) is 6.54 Å². The van der Waals surface area contributed by atoms with Crippen LogP contribution in [0.4, 0.5) is 0 Å². The molecule has 1 heterocycles. The molecule has 4 nitrogen and oxygen atoms in total. The second-order valence-electron chi connectivity index (χ2n) is 5.06. The molecule has 2 amide bonds. The van der Waals surface area contributed by atoms with E-state index in [1.165, 1.54) is 0 Å². The molecular formula is C13H24N2O2. The Morgan fingerprint density at radius 2 is 2.00 bits per heavy atom. The Hall–Kier alpha value is -1.06. The minimum atomic E-state index is -0.00185. The van der Waals surface area contributed by atoms with Crippen molar-refractivity contribution >= 4 is 11.8 Å². The topological polar surface area (TPSA) is 49.4 Å². The summed E-state index contributed by atoms with van der Waals surface area (Å²) in [5, 5.41) is 2.99. The molecule has 0 saturated carbocycles. The fourth-order valence-electron chi connectivity index (χ4n) is 2.31. The Morgan fingerprint density at radius 1 is 1.41 bits per heavy atom. The molecular weight excluding hydrogens is 216 g/mol. The van der Waals surface area contributed by atoms with Gasteiger partial charge >= 0.3 is 0 Å². The zero-order chi connectivity index (χ0) is 13.0. The number of hydrogen-bond acceptors (Lipinski definition) is 2. The number of likely N-dealkylation sites (tertiary alicyclic amines) is 1. The van der Waals surface area contributed by atoms with E-state index >= 15 is 0 Å². The average Bonchev–Trinajstić information content (AvgIpc) is 2.61. The molecule has 0 aliphatic carbocycles. The van der Waals surface area contributed by atoms with E-state index in [0.29, 0.717) is 13.0 Å². The summed E-state index contributed by atoms with van der Waals surface area (Å²) in [6, 6.07) is 0.218. The highest BCUT2D eigenvalue weighted by atomic mass is 16.2. The number of carbonyl (C=O) groups is 2. The first kappa shape index (κ1) is 14.0. The van der Waals surface area contributed by atoms with Gasteiger partial charge in [0.05, 0.1) is 6.04 Å². The van der Waals surface area contributed by atoms with E-state index in [1.807, 2.05) is 32.6 Å². The van der Waals surface area contributed by atoms with E-state index in [4.69, 9.17) is 0 Å². The van der Waals surface area contributed by atoms with E-state index in [0.717, 1.165) is 12.8 Å². The first-order valence-electron chi connectivity index (χ1n) is 6.59. The average molecular weight is 240 g/mol. The fourth-order valence-corrected chi connectivity index (χ4v) is 2.31. The molecule has 0 bridgehead atoms. The smallest absolute Gasteiger partial charge is 0.225 e. The summed E-state index contributed by atoms with van der Waals surface area (Å²) < 4.78 is 0. The lowest BCUT2D eigenvalue weighted by Crippen LogP contribution is -2.41. The maximum atomic E-state index is 11.9. The molecule has 1 saturated heterocycles. The van der Waals surface area contributed by atoms with Crippen molar-refractivity contribution in [1.82, 2.24) is 10.2 Å². The quantitative estimate of drug-likeness (QED) is 0.792. The number of carbonyl (C=O) groups excluding carboxylic acids is 2. The van der Waals surface area contributed by atoms with E-state index in [-0.39, 0.29) is 29.8 Å². The monoisotopic (exact) mass is 240 g/mol. The van der Waals surface area contributed by atoms with Gasteiger partial charge in [-0.2, -0.15) is 0 Å². The largest absolute Gasteiger partial charge is 0.351 e. The van der Waals surface area contributed by atoms with E-state index < -0.39 is 0 Å². The molecule has 0 spiro atoms. The number of hydrogen-bond donors (Lipinski definition) is 1. The van der Waals surface area contributed by atoms with Crippen molar-refractivity contribution in [3.8, 4) is 0 Å². The van der Waals surface area contributed by atoms with Crippen molar-refractivity contribution in [3.05, 3.63) is 0 Å². The van der Waals surface area contributed by atoms with Crippen LogP contribution in [-0.2, 0) is 9.59 Å². The van der Waals surface area contributed by atoms with Gasteiger partial charge in [-0.15, -0.1) is 0 Å². The molecule has 0 aromatic heterocycles. The van der Waals surface area contributed by atoms with E-state index in [1.54, 1.807) is 0 Å². The zero-order valence-electron chi connectivity index (χ0n) is 11.3. The fraction of sp³-hybridized carbons (Fsp3) is 0.846. The third-order valence-corrected chi connectivity index (χ3v) is 3.48. The van der Waals surface area contributed by atoms with Crippen molar-refractivity contribution in [2.45, 2.75) is 59.0 Å². The van der Waals surface area contributed by atoms with Crippen LogP contribution in [0.2, 0.25) is 0 Å². The highest BCUT2D eigenvalue weighted by Crippen LogP contribution is 2.15. The summed E-state index contributed by atoms with van der Waals surface area (Å²) in [6.45, 7) is 8.70. The molecule has 1 unspecified atom stereocenters. The van der Waals surface area contributed by atoms with Crippen LogP contribution in [0.1, 0.15) is 47.0 Å². The number of nitrogens with zero attached hydrogens (tertiary/aromatic N) is 1. The number of rotatable bonds is 5. The Bertz CT molecular complexity index is 285. The predicted octanol–water partition coefficient (Wildman–Crippen LogP) is 1.55. The van der Waals surface area contributed by atoms with Gasteiger partial charge in [0.15, 0.2) is 0 Å². The van der Waals surface area contributed by atoms with Gasteiger partial charge in [0, 0.05) is 24.9 Å². The Balaban J connectivity index is 2.49. The second-order valence-corrected chi connectivity index (χ2v) is 5.06. The van der Waals surface area contributed by atoms with Gasteiger partial charge in [-0.1, -0.05) is 13.8 Å². The molecule has 98 valence electrons. The van der Waals surface area contributed by atoms with Crippen molar-refractivity contribution < 1.29 is 9.59 Å². The third-order valence-electron chi connectivity index (χ3n) is 3.48. The molecule has 1 rings (SSSR count). The molecule has 1 N–H and O–H groups in total. The van der Waals surface area contributed by atoms with Gasteiger partial charge in [-0.05, 0) is 26.7 Å². The molecule has 1 atom stereocenters. The molecule has 0 radical (unpaired) electrons. The summed E-state index contributed by atoms with van der Waals surface area (Å²) in [5.74, 6) is 0.325. The normalized spacial score (nSPS) is 20.5.